The van der Waals surface area contributed by atoms with E-state index in [1.54, 1.807) is 18.2 Å². The van der Waals surface area contributed by atoms with Crippen LogP contribution in [0.2, 0.25) is 0 Å². The summed E-state index contributed by atoms with van der Waals surface area (Å²) in [5, 5.41) is 0. The molecule has 21 heavy (non-hydrogen) atoms. The summed E-state index contributed by atoms with van der Waals surface area (Å²) >= 11 is 3.22. The average Bonchev–Trinajstić information content (AvgIpc) is 2.74. The minimum absolute atomic E-state index is 0.0150. The van der Waals surface area contributed by atoms with Crippen molar-refractivity contribution >= 4 is 37.9 Å². The number of rotatable bonds is 2. The molecule has 0 aromatic heterocycles. The molecule has 2 fully saturated rings. The first-order chi connectivity index (χ1) is 9.91. The molecule has 0 aliphatic carbocycles. The number of hydrogen-bond donors (Lipinski definition) is 0. The standard InChI is InChI=1S/C13H12BrNO5S/c14-10-3-1-2-4-11(10)21(18,19)15-6-5-8-9(7-15)13(17)20-12(8)16/h1-4,8-9H,5-7H2. The Morgan fingerprint density at radius 2 is 1.81 bits per heavy atom. The number of hydrogen-bond acceptors (Lipinski definition) is 5. The maximum atomic E-state index is 12.6. The summed E-state index contributed by atoms with van der Waals surface area (Å²) in [5.41, 5.74) is 0. The van der Waals surface area contributed by atoms with Crippen molar-refractivity contribution in [2.75, 3.05) is 13.1 Å². The van der Waals surface area contributed by atoms with Gasteiger partial charge in [0.2, 0.25) is 10.0 Å². The minimum atomic E-state index is -3.70. The fraction of sp³-hybridized carbons (Fsp3) is 0.385. The van der Waals surface area contributed by atoms with Crippen LogP contribution in [-0.2, 0) is 24.3 Å². The van der Waals surface area contributed by atoms with Gasteiger partial charge in [-0.3, -0.25) is 9.59 Å². The molecule has 1 aromatic carbocycles. The van der Waals surface area contributed by atoms with Crippen molar-refractivity contribution in [3.8, 4) is 0 Å². The number of nitrogens with zero attached hydrogens (tertiary/aromatic N) is 1. The predicted octanol–water partition coefficient (Wildman–Crippen LogP) is 1.16. The summed E-state index contributed by atoms with van der Waals surface area (Å²) in [6, 6.07) is 6.51. The van der Waals surface area contributed by atoms with Crippen LogP contribution in [0.3, 0.4) is 0 Å². The van der Waals surface area contributed by atoms with E-state index in [1.165, 1.54) is 10.4 Å². The van der Waals surface area contributed by atoms with E-state index in [1.807, 2.05) is 0 Å². The molecule has 1 aromatic rings. The fourth-order valence-electron chi connectivity index (χ4n) is 2.70. The lowest BCUT2D eigenvalue weighted by molar-refractivity contribution is -0.153. The van der Waals surface area contributed by atoms with Gasteiger partial charge in [0, 0.05) is 17.6 Å². The normalized spacial score (nSPS) is 26.5. The Hall–Kier alpha value is -1.25. The topological polar surface area (TPSA) is 80.8 Å². The highest BCUT2D eigenvalue weighted by atomic mass is 79.9. The molecule has 2 aliphatic rings. The second-order valence-corrected chi connectivity index (χ2v) is 7.80. The van der Waals surface area contributed by atoms with Crippen LogP contribution in [-0.4, -0.2) is 37.8 Å². The van der Waals surface area contributed by atoms with E-state index in [0.717, 1.165) is 0 Å². The number of sulfonamides is 1. The van der Waals surface area contributed by atoms with Crippen molar-refractivity contribution in [2.45, 2.75) is 11.3 Å². The Morgan fingerprint density at radius 3 is 2.52 bits per heavy atom. The molecule has 6 nitrogen and oxygen atoms in total. The fourth-order valence-corrected chi connectivity index (χ4v) is 5.15. The maximum absolute atomic E-state index is 12.6. The van der Waals surface area contributed by atoms with Crippen LogP contribution in [0, 0.1) is 11.8 Å². The molecule has 2 saturated heterocycles. The lowest BCUT2D eigenvalue weighted by atomic mass is 9.89. The summed E-state index contributed by atoms with van der Waals surface area (Å²) in [4.78, 5) is 23.3. The zero-order valence-corrected chi connectivity index (χ0v) is 13.3. The Labute approximate surface area is 130 Å². The second-order valence-electron chi connectivity index (χ2n) is 5.04. The van der Waals surface area contributed by atoms with Gasteiger partial charge in [-0.1, -0.05) is 12.1 Å². The lowest BCUT2D eigenvalue weighted by Crippen LogP contribution is -2.44. The molecule has 0 spiro atoms. The molecule has 0 radical (unpaired) electrons. The van der Waals surface area contributed by atoms with E-state index in [-0.39, 0.29) is 18.0 Å². The van der Waals surface area contributed by atoms with E-state index in [2.05, 4.69) is 20.7 Å². The van der Waals surface area contributed by atoms with Crippen LogP contribution < -0.4 is 0 Å². The molecule has 2 unspecified atom stereocenters. The van der Waals surface area contributed by atoms with Gasteiger partial charge in [-0.25, -0.2) is 8.42 Å². The number of carbonyl (C=O) groups excluding carboxylic acids is 2. The first-order valence-electron chi connectivity index (χ1n) is 6.41. The van der Waals surface area contributed by atoms with Crippen molar-refractivity contribution in [3.63, 3.8) is 0 Å². The second kappa shape index (κ2) is 5.19. The molecule has 0 amide bonds. The number of cyclic esters (lactones) is 2. The Kier molecular flexibility index (Phi) is 3.62. The number of fused-ring (bicyclic) bond motifs is 1. The highest BCUT2D eigenvalue weighted by Crippen LogP contribution is 2.35. The Bertz CT molecular complexity index is 717. The van der Waals surface area contributed by atoms with Gasteiger partial charge in [0.1, 0.15) is 0 Å². The molecule has 8 heteroatoms. The van der Waals surface area contributed by atoms with Gasteiger partial charge < -0.3 is 4.74 Å². The lowest BCUT2D eigenvalue weighted by Gasteiger charge is -2.30. The summed E-state index contributed by atoms with van der Waals surface area (Å²) in [6.07, 6.45) is 0.304. The van der Waals surface area contributed by atoms with Crippen LogP contribution in [0.15, 0.2) is 33.6 Å². The number of carbonyl (C=O) groups is 2. The van der Waals surface area contributed by atoms with Gasteiger partial charge >= 0.3 is 11.9 Å². The molecule has 0 N–H and O–H groups in total. The SMILES string of the molecule is O=C1OC(=O)C2CN(S(=O)(=O)c3ccccc3Br)CCC12. The van der Waals surface area contributed by atoms with E-state index >= 15 is 0 Å². The number of ether oxygens (including phenoxy) is 1. The molecule has 2 aliphatic heterocycles. The van der Waals surface area contributed by atoms with Gasteiger partial charge in [-0.2, -0.15) is 4.31 Å². The van der Waals surface area contributed by atoms with Crippen molar-refractivity contribution < 1.29 is 22.7 Å². The average molecular weight is 374 g/mol. The molecule has 112 valence electrons. The van der Waals surface area contributed by atoms with Crippen LogP contribution in [0.4, 0.5) is 0 Å². The van der Waals surface area contributed by atoms with E-state index in [0.29, 0.717) is 10.9 Å². The Morgan fingerprint density at radius 1 is 1.14 bits per heavy atom. The van der Waals surface area contributed by atoms with Crippen LogP contribution in [0.1, 0.15) is 6.42 Å². The van der Waals surface area contributed by atoms with Crippen molar-refractivity contribution in [3.05, 3.63) is 28.7 Å². The van der Waals surface area contributed by atoms with Gasteiger partial charge in [0.05, 0.1) is 16.7 Å². The Balaban J connectivity index is 1.90. The van der Waals surface area contributed by atoms with Crippen molar-refractivity contribution in [1.29, 1.82) is 0 Å². The predicted molar refractivity (Wildman–Crippen MR) is 75.6 cm³/mol. The third-order valence-electron chi connectivity index (χ3n) is 3.84. The summed E-state index contributed by atoms with van der Waals surface area (Å²) in [7, 11) is -3.70. The zero-order valence-electron chi connectivity index (χ0n) is 10.9. The highest BCUT2D eigenvalue weighted by molar-refractivity contribution is 9.10. The molecular weight excluding hydrogens is 362 g/mol. The van der Waals surface area contributed by atoms with Crippen LogP contribution in [0.5, 0.6) is 0 Å². The summed E-state index contributed by atoms with van der Waals surface area (Å²) < 4.78 is 31.6. The van der Waals surface area contributed by atoms with Crippen LogP contribution >= 0.6 is 15.9 Å². The van der Waals surface area contributed by atoms with Gasteiger partial charge in [0.15, 0.2) is 0 Å². The quantitative estimate of drug-likeness (QED) is 0.573. The third kappa shape index (κ3) is 2.41. The number of halogens is 1. The number of benzene rings is 1. The first kappa shape index (κ1) is 14.7. The van der Waals surface area contributed by atoms with Gasteiger partial charge in [-0.05, 0) is 34.5 Å². The number of piperidine rings is 1. The maximum Gasteiger partial charge on any atom is 0.318 e. The summed E-state index contributed by atoms with van der Waals surface area (Å²) in [6.45, 7) is 0.187. The molecular formula is C13H12BrNO5S. The highest BCUT2D eigenvalue weighted by Gasteiger charge is 2.49. The monoisotopic (exact) mass is 373 g/mol. The van der Waals surface area contributed by atoms with Crippen LogP contribution in [0.25, 0.3) is 0 Å². The molecule has 2 atom stereocenters. The van der Waals surface area contributed by atoms with Gasteiger partial charge in [-0.15, -0.1) is 0 Å². The molecule has 0 saturated carbocycles. The largest absolute Gasteiger partial charge is 0.393 e. The van der Waals surface area contributed by atoms with E-state index < -0.39 is 33.8 Å². The van der Waals surface area contributed by atoms with Crippen molar-refractivity contribution in [2.24, 2.45) is 11.8 Å². The zero-order chi connectivity index (χ0) is 15.2. The first-order valence-corrected chi connectivity index (χ1v) is 8.65. The van der Waals surface area contributed by atoms with E-state index in [9.17, 15) is 18.0 Å². The van der Waals surface area contributed by atoms with Gasteiger partial charge in [0.25, 0.3) is 0 Å². The summed E-state index contributed by atoms with van der Waals surface area (Å²) in [5.74, 6) is -2.37. The molecule has 3 rings (SSSR count). The molecule has 2 heterocycles. The van der Waals surface area contributed by atoms with E-state index in [4.69, 9.17) is 0 Å². The minimum Gasteiger partial charge on any atom is -0.393 e. The third-order valence-corrected chi connectivity index (χ3v) is 6.71. The smallest absolute Gasteiger partial charge is 0.318 e. The van der Waals surface area contributed by atoms with Crippen molar-refractivity contribution in [1.82, 2.24) is 4.31 Å². The molecule has 0 bridgehead atoms. The number of esters is 2.